The van der Waals surface area contributed by atoms with Crippen molar-refractivity contribution in [3.8, 4) is 11.5 Å². The predicted molar refractivity (Wildman–Crippen MR) is 102 cm³/mol. The van der Waals surface area contributed by atoms with E-state index in [1.54, 1.807) is 24.3 Å². The van der Waals surface area contributed by atoms with E-state index in [2.05, 4.69) is 5.32 Å². The van der Waals surface area contributed by atoms with Crippen molar-refractivity contribution in [3.63, 3.8) is 0 Å². The average Bonchev–Trinajstić information content (AvgIpc) is 2.68. The van der Waals surface area contributed by atoms with Gasteiger partial charge in [-0.05, 0) is 36.8 Å². The number of phenolic OH excluding ortho intramolecular Hbond substituents is 1. The van der Waals surface area contributed by atoms with Gasteiger partial charge < -0.3 is 14.6 Å². The lowest BCUT2D eigenvalue weighted by Gasteiger charge is -2.18. The van der Waals surface area contributed by atoms with Crippen LogP contribution in [0.4, 0.5) is 10.5 Å². The van der Waals surface area contributed by atoms with Crippen molar-refractivity contribution in [2.24, 2.45) is 0 Å². The van der Waals surface area contributed by atoms with Crippen molar-refractivity contribution in [1.29, 1.82) is 0 Å². The molecule has 0 saturated heterocycles. The van der Waals surface area contributed by atoms with E-state index in [9.17, 15) is 14.7 Å². The molecule has 0 aliphatic carbocycles. The zero-order valence-corrected chi connectivity index (χ0v) is 15.5. The minimum atomic E-state index is -0.787. The standard InChI is InChI=1S/C20H22N2O6/c1-13-6-9-15(10-7-13)21-20(25)28-17(4-3-5-19(24)22-26)14-8-11-18(27-2)16(23)12-14/h3,5-12,17,23,26H,4H2,1-2H3,(H,21,25)(H,22,24)/b5-3+/t17-/m1/s1. The van der Waals surface area contributed by atoms with Crippen LogP contribution in [0.1, 0.15) is 23.7 Å². The maximum atomic E-state index is 12.3. The molecule has 0 unspecified atom stereocenters. The van der Waals surface area contributed by atoms with Gasteiger partial charge in [-0.25, -0.2) is 10.3 Å². The molecule has 0 bridgehead atoms. The number of carbonyl (C=O) groups is 2. The number of benzene rings is 2. The molecule has 0 aromatic heterocycles. The third kappa shape index (κ3) is 6.03. The lowest BCUT2D eigenvalue weighted by molar-refractivity contribution is -0.124. The van der Waals surface area contributed by atoms with Gasteiger partial charge in [0.25, 0.3) is 5.91 Å². The van der Waals surface area contributed by atoms with E-state index in [0.717, 1.165) is 11.6 Å². The number of aryl methyl sites for hydroxylation is 1. The van der Waals surface area contributed by atoms with Crippen molar-refractivity contribution in [2.45, 2.75) is 19.4 Å². The van der Waals surface area contributed by atoms with Crippen LogP contribution in [0.2, 0.25) is 0 Å². The summed E-state index contributed by atoms with van der Waals surface area (Å²) >= 11 is 0. The Balaban J connectivity index is 2.15. The molecule has 2 aromatic carbocycles. The molecule has 28 heavy (non-hydrogen) atoms. The Morgan fingerprint density at radius 1 is 1.18 bits per heavy atom. The van der Waals surface area contributed by atoms with E-state index < -0.39 is 18.1 Å². The van der Waals surface area contributed by atoms with Gasteiger partial charge in [0.2, 0.25) is 0 Å². The highest BCUT2D eigenvalue weighted by atomic mass is 16.6. The number of hydrogen-bond donors (Lipinski definition) is 4. The van der Waals surface area contributed by atoms with Crippen LogP contribution in [0.3, 0.4) is 0 Å². The van der Waals surface area contributed by atoms with Gasteiger partial charge in [-0.2, -0.15) is 0 Å². The lowest BCUT2D eigenvalue weighted by atomic mass is 10.1. The second kappa shape index (κ2) is 9.98. The number of ether oxygens (including phenoxy) is 2. The number of carbonyl (C=O) groups excluding carboxylic acids is 2. The fourth-order valence-electron chi connectivity index (χ4n) is 2.41. The summed E-state index contributed by atoms with van der Waals surface area (Å²) in [6.45, 7) is 1.93. The summed E-state index contributed by atoms with van der Waals surface area (Å²) in [6, 6.07) is 11.8. The van der Waals surface area contributed by atoms with Gasteiger partial charge in [0.15, 0.2) is 11.5 Å². The first-order valence-corrected chi connectivity index (χ1v) is 8.44. The molecule has 2 aromatic rings. The first kappa shape index (κ1) is 20.8. The van der Waals surface area contributed by atoms with Crippen molar-refractivity contribution < 1.29 is 29.4 Å². The maximum Gasteiger partial charge on any atom is 0.412 e. The van der Waals surface area contributed by atoms with Crippen LogP contribution >= 0.6 is 0 Å². The number of nitrogens with one attached hydrogen (secondary N) is 2. The lowest BCUT2D eigenvalue weighted by Crippen LogP contribution is -2.18. The van der Waals surface area contributed by atoms with E-state index in [1.807, 2.05) is 19.1 Å². The maximum absolute atomic E-state index is 12.3. The van der Waals surface area contributed by atoms with Gasteiger partial charge in [-0.3, -0.25) is 15.3 Å². The largest absolute Gasteiger partial charge is 0.504 e. The molecule has 8 heteroatoms. The quantitative estimate of drug-likeness (QED) is 0.329. The van der Waals surface area contributed by atoms with Gasteiger partial charge in [-0.15, -0.1) is 0 Å². The average molecular weight is 386 g/mol. The van der Waals surface area contributed by atoms with Gasteiger partial charge in [-0.1, -0.05) is 29.8 Å². The van der Waals surface area contributed by atoms with Crippen LogP contribution in [0.15, 0.2) is 54.6 Å². The number of anilines is 1. The number of methoxy groups -OCH3 is 1. The molecule has 0 saturated carbocycles. The second-order valence-corrected chi connectivity index (χ2v) is 5.93. The summed E-state index contributed by atoms with van der Waals surface area (Å²) in [5, 5.41) is 21.2. The van der Waals surface area contributed by atoms with Gasteiger partial charge in [0.05, 0.1) is 7.11 Å². The summed E-state index contributed by atoms with van der Waals surface area (Å²) in [4.78, 5) is 23.4. The molecule has 148 valence electrons. The van der Waals surface area contributed by atoms with Crippen LogP contribution in [0.5, 0.6) is 11.5 Å². The molecule has 0 heterocycles. The van der Waals surface area contributed by atoms with Crippen molar-refractivity contribution in [1.82, 2.24) is 5.48 Å². The molecule has 4 N–H and O–H groups in total. The number of hydrogen-bond acceptors (Lipinski definition) is 6. The molecule has 2 amide bonds. The number of aromatic hydroxyl groups is 1. The van der Waals surface area contributed by atoms with E-state index in [0.29, 0.717) is 11.3 Å². The summed E-state index contributed by atoms with van der Waals surface area (Å²) in [7, 11) is 1.42. The molecular formula is C20H22N2O6. The molecule has 0 aliphatic rings. The Hall–Kier alpha value is -3.52. The molecule has 0 spiro atoms. The first-order chi connectivity index (χ1) is 13.4. The zero-order chi connectivity index (χ0) is 20.5. The SMILES string of the molecule is COc1ccc([C@@H](C/C=C/C(=O)NO)OC(=O)Nc2ccc(C)cc2)cc1O. The fraction of sp³-hybridized carbons (Fsp3) is 0.200. The normalized spacial score (nSPS) is 11.7. The smallest absolute Gasteiger partial charge is 0.412 e. The van der Waals surface area contributed by atoms with Crippen molar-refractivity contribution in [3.05, 3.63) is 65.7 Å². The summed E-state index contributed by atoms with van der Waals surface area (Å²) < 4.78 is 10.5. The highest BCUT2D eigenvalue weighted by molar-refractivity contribution is 5.86. The molecule has 8 nitrogen and oxygen atoms in total. The Labute approximate surface area is 162 Å². The fourth-order valence-corrected chi connectivity index (χ4v) is 2.41. The molecule has 0 radical (unpaired) electrons. The Bertz CT molecular complexity index is 848. The van der Waals surface area contributed by atoms with Crippen LogP contribution in [-0.2, 0) is 9.53 Å². The minimum Gasteiger partial charge on any atom is -0.504 e. The Morgan fingerprint density at radius 2 is 1.89 bits per heavy atom. The van der Waals surface area contributed by atoms with Crippen LogP contribution in [0, 0.1) is 6.92 Å². The summed E-state index contributed by atoms with van der Waals surface area (Å²) in [6.07, 6.45) is 1.21. The van der Waals surface area contributed by atoms with E-state index in [1.165, 1.54) is 24.7 Å². The number of hydroxylamine groups is 1. The molecular weight excluding hydrogens is 364 g/mol. The first-order valence-electron chi connectivity index (χ1n) is 8.44. The van der Waals surface area contributed by atoms with E-state index in [4.69, 9.17) is 14.7 Å². The topological polar surface area (TPSA) is 117 Å². The summed E-state index contributed by atoms with van der Waals surface area (Å²) in [5.74, 6) is -0.535. The third-order valence-corrected chi connectivity index (χ3v) is 3.85. The van der Waals surface area contributed by atoms with Crippen molar-refractivity contribution >= 4 is 17.7 Å². The predicted octanol–water partition coefficient (Wildman–Crippen LogP) is 3.45. The highest BCUT2D eigenvalue weighted by Gasteiger charge is 2.18. The summed E-state index contributed by atoms with van der Waals surface area (Å²) in [5.41, 5.74) is 3.61. The molecule has 0 fully saturated rings. The zero-order valence-electron chi connectivity index (χ0n) is 15.5. The number of rotatable bonds is 7. The Morgan fingerprint density at radius 3 is 2.50 bits per heavy atom. The molecule has 1 atom stereocenters. The highest BCUT2D eigenvalue weighted by Crippen LogP contribution is 2.32. The monoisotopic (exact) mass is 386 g/mol. The number of phenols is 1. The second-order valence-electron chi connectivity index (χ2n) is 5.93. The molecule has 2 rings (SSSR count). The van der Waals surface area contributed by atoms with Gasteiger partial charge in [0.1, 0.15) is 6.10 Å². The van der Waals surface area contributed by atoms with Gasteiger partial charge in [0, 0.05) is 18.2 Å². The minimum absolute atomic E-state index is 0.107. The third-order valence-electron chi connectivity index (χ3n) is 3.85. The van der Waals surface area contributed by atoms with Crippen LogP contribution in [-0.4, -0.2) is 29.4 Å². The van der Waals surface area contributed by atoms with Crippen LogP contribution in [0.25, 0.3) is 0 Å². The Kier molecular flexibility index (Phi) is 7.41. The molecule has 0 aliphatic heterocycles. The van der Waals surface area contributed by atoms with Gasteiger partial charge >= 0.3 is 6.09 Å². The van der Waals surface area contributed by atoms with Crippen molar-refractivity contribution in [2.75, 3.05) is 12.4 Å². The van der Waals surface area contributed by atoms with E-state index >= 15 is 0 Å². The van der Waals surface area contributed by atoms with Crippen LogP contribution < -0.4 is 15.5 Å². The number of amides is 2. The van der Waals surface area contributed by atoms with E-state index in [-0.39, 0.29) is 17.9 Å².